The lowest BCUT2D eigenvalue weighted by atomic mass is 9.90. The van der Waals surface area contributed by atoms with Crippen LogP contribution >= 0.6 is 0 Å². The zero-order valence-electron chi connectivity index (χ0n) is 11.3. The first kappa shape index (κ1) is 13.2. The monoisotopic (exact) mass is 224 g/mol. The minimum atomic E-state index is 0.0434. The van der Waals surface area contributed by atoms with Crippen LogP contribution in [-0.4, -0.2) is 41.4 Å². The highest BCUT2D eigenvalue weighted by Gasteiger charge is 2.33. The molecule has 92 valence electrons. The number of aryl methyl sites for hydroxylation is 1. The van der Waals surface area contributed by atoms with Crippen LogP contribution in [-0.2, 0) is 6.54 Å². The molecule has 1 aromatic rings. The van der Waals surface area contributed by atoms with Crippen LogP contribution in [0.2, 0.25) is 0 Å². The lowest BCUT2D eigenvalue weighted by molar-refractivity contribution is 0.137. The summed E-state index contributed by atoms with van der Waals surface area (Å²) in [7, 11) is 6.22. The van der Waals surface area contributed by atoms with Crippen molar-refractivity contribution in [1.82, 2.24) is 20.0 Å². The van der Waals surface area contributed by atoms with E-state index in [4.69, 9.17) is 0 Å². The number of hydrogen-bond acceptors (Lipinski definition) is 3. The predicted molar refractivity (Wildman–Crippen MR) is 67.5 cm³/mol. The van der Waals surface area contributed by atoms with Gasteiger partial charge in [-0.1, -0.05) is 0 Å². The lowest BCUT2D eigenvalue weighted by Crippen LogP contribution is -2.49. The SMILES string of the molecule is CCn1nccc1C(NC)C(C)(C)N(C)C. The van der Waals surface area contributed by atoms with E-state index in [0.29, 0.717) is 0 Å². The molecule has 0 fully saturated rings. The van der Waals surface area contributed by atoms with Gasteiger partial charge < -0.3 is 10.2 Å². The van der Waals surface area contributed by atoms with Crippen molar-refractivity contribution in [3.05, 3.63) is 18.0 Å². The summed E-state index contributed by atoms with van der Waals surface area (Å²) >= 11 is 0. The van der Waals surface area contributed by atoms with E-state index in [1.807, 2.05) is 17.9 Å². The quantitative estimate of drug-likeness (QED) is 0.823. The molecule has 1 N–H and O–H groups in total. The molecule has 1 unspecified atom stereocenters. The molecule has 4 heteroatoms. The predicted octanol–water partition coefficient (Wildman–Crippen LogP) is 1.50. The van der Waals surface area contributed by atoms with Gasteiger partial charge >= 0.3 is 0 Å². The highest BCUT2D eigenvalue weighted by Crippen LogP contribution is 2.28. The molecule has 0 aliphatic heterocycles. The summed E-state index contributed by atoms with van der Waals surface area (Å²) in [6, 6.07) is 2.36. The van der Waals surface area contributed by atoms with E-state index < -0.39 is 0 Å². The fraction of sp³-hybridized carbons (Fsp3) is 0.750. The molecule has 0 amide bonds. The average Bonchev–Trinajstić information content (AvgIpc) is 2.66. The van der Waals surface area contributed by atoms with Crippen molar-refractivity contribution in [3.63, 3.8) is 0 Å². The number of likely N-dealkylation sites (N-methyl/N-ethyl adjacent to an activating group) is 2. The van der Waals surface area contributed by atoms with Crippen LogP contribution in [0.5, 0.6) is 0 Å². The molecule has 0 aromatic carbocycles. The number of nitrogens with one attached hydrogen (secondary N) is 1. The van der Waals surface area contributed by atoms with Gasteiger partial charge in [0.25, 0.3) is 0 Å². The fourth-order valence-electron chi connectivity index (χ4n) is 1.97. The van der Waals surface area contributed by atoms with Gasteiger partial charge in [-0.2, -0.15) is 5.10 Å². The Morgan fingerprint density at radius 1 is 1.50 bits per heavy atom. The highest BCUT2D eigenvalue weighted by molar-refractivity contribution is 5.13. The van der Waals surface area contributed by atoms with E-state index in [1.54, 1.807) is 0 Å². The number of rotatable bonds is 5. The topological polar surface area (TPSA) is 33.1 Å². The molecule has 1 aromatic heterocycles. The second-order valence-electron chi connectivity index (χ2n) is 4.84. The number of nitrogens with zero attached hydrogens (tertiary/aromatic N) is 3. The van der Waals surface area contributed by atoms with E-state index in [-0.39, 0.29) is 11.6 Å². The molecule has 0 bridgehead atoms. The molecule has 16 heavy (non-hydrogen) atoms. The third-order valence-corrected chi connectivity index (χ3v) is 3.49. The summed E-state index contributed by atoms with van der Waals surface area (Å²) in [6.07, 6.45) is 1.87. The maximum atomic E-state index is 4.33. The summed E-state index contributed by atoms with van der Waals surface area (Å²) in [4.78, 5) is 2.24. The largest absolute Gasteiger partial charge is 0.310 e. The minimum absolute atomic E-state index is 0.0434. The van der Waals surface area contributed by atoms with Crippen LogP contribution in [0.4, 0.5) is 0 Å². The Kier molecular flexibility index (Phi) is 4.10. The van der Waals surface area contributed by atoms with Crippen molar-refractivity contribution in [3.8, 4) is 0 Å². The molecule has 0 aliphatic rings. The maximum absolute atomic E-state index is 4.33. The van der Waals surface area contributed by atoms with Gasteiger partial charge in [-0.15, -0.1) is 0 Å². The van der Waals surface area contributed by atoms with Crippen molar-refractivity contribution < 1.29 is 0 Å². The molecule has 0 spiro atoms. The van der Waals surface area contributed by atoms with Crippen LogP contribution in [0.1, 0.15) is 32.5 Å². The Balaban J connectivity index is 3.07. The summed E-state index contributed by atoms with van der Waals surface area (Å²) in [6.45, 7) is 7.50. The minimum Gasteiger partial charge on any atom is -0.310 e. The zero-order chi connectivity index (χ0) is 12.3. The van der Waals surface area contributed by atoms with Gasteiger partial charge in [0.2, 0.25) is 0 Å². The van der Waals surface area contributed by atoms with Crippen molar-refractivity contribution in [2.24, 2.45) is 0 Å². The van der Waals surface area contributed by atoms with Gasteiger partial charge in [0.05, 0.1) is 11.7 Å². The molecule has 1 atom stereocenters. The average molecular weight is 224 g/mol. The van der Waals surface area contributed by atoms with Crippen LogP contribution in [0.25, 0.3) is 0 Å². The second-order valence-corrected chi connectivity index (χ2v) is 4.84. The van der Waals surface area contributed by atoms with Crippen molar-refractivity contribution in [2.75, 3.05) is 21.1 Å². The molecular formula is C12H24N4. The third kappa shape index (κ3) is 2.28. The molecule has 0 saturated carbocycles. The van der Waals surface area contributed by atoms with Crippen LogP contribution in [0, 0.1) is 0 Å². The molecule has 0 saturated heterocycles. The van der Waals surface area contributed by atoms with Crippen LogP contribution in [0.15, 0.2) is 12.3 Å². The first-order valence-corrected chi connectivity index (χ1v) is 5.81. The van der Waals surface area contributed by atoms with Crippen molar-refractivity contribution in [1.29, 1.82) is 0 Å². The number of aromatic nitrogens is 2. The fourth-order valence-corrected chi connectivity index (χ4v) is 1.97. The Labute approximate surface area is 98.6 Å². The molecule has 4 nitrogen and oxygen atoms in total. The second kappa shape index (κ2) is 4.97. The lowest BCUT2D eigenvalue weighted by Gasteiger charge is -2.40. The molecule has 1 rings (SSSR count). The zero-order valence-corrected chi connectivity index (χ0v) is 11.3. The van der Waals surface area contributed by atoms with E-state index in [1.165, 1.54) is 5.69 Å². The van der Waals surface area contributed by atoms with Crippen molar-refractivity contribution in [2.45, 2.75) is 38.9 Å². The summed E-state index contributed by atoms with van der Waals surface area (Å²) in [5.74, 6) is 0. The molecule has 0 aliphatic carbocycles. The third-order valence-electron chi connectivity index (χ3n) is 3.49. The molecule has 0 radical (unpaired) electrons. The van der Waals surface area contributed by atoms with E-state index in [2.05, 4.69) is 56.2 Å². The Bertz CT molecular complexity index is 328. The maximum Gasteiger partial charge on any atom is 0.0670 e. The Morgan fingerprint density at radius 3 is 2.56 bits per heavy atom. The van der Waals surface area contributed by atoms with Crippen LogP contribution < -0.4 is 5.32 Å². The summed E-state index contributed by atoms with van der Waals surface area (Å²) < 4.78 is 2.05. The van der Waals surface area contributed by atoms with Gasteiger partial charge in [0.15, 0.2) is 0 Å². The van der Waals surface area contributed by atoms with Gasteiger partial charge in [0, 0.05) is 18.3 Å². The summed E-state index contributed by atoms with van der Waals surface area (Å²) in [5, 5.41) is 7.73. The van der Waals surface area contributed by atoms with Gasteiger partial charge in [-0.05, 0) is 48.0 Å². The molecule has 1 heterocycles. The van der Waals surface area contributed by atoms with E-state index >= 15 is 0 Å². The Hall–Kier alpha value is -0.870. The number of hydrogen-bond donors (Lipinski definition) is 1. The van der Waals surface area contributed by atoms with Crippen LogP contribution in [0.3, 0.4) is 0 Å². The molecular weight excluding hydrogens is 200 g/mol. The standard InChI is InChI=1S/C12H24N4/c1-7-16-10(8-9-14-16)11(13-4)12(2,3)15(5)6/h8-9,11,13H,7H2,1-6H3. The first-order valence-electron chi connectivity index (χ1n) is 5.81. The van der Waals surface area contributed by atoms with Gasteiger partial charge in [-0.3, -0.25) is 4.68 Å². The Morgan fingerprint density at radius 2 is 2.12 bits per heavy atom. The van der Waals surface area contributed by atoms with Gasteiger partial charge in [0.1, 0.15) is 0 Å². The summed E-state index contributed by atoms with van der Waals surface area (Å²) in [5.41, 5.74) is 1.28. The normalized spacial score (nSPS) is 14.4. The van der Waals surface area contributed by atoms with E-state index in [0.717, 1.165) is 6.54 Å². The van der Waals surface area contributed by atoms with Crippen molar-refractivity contribution >= 4 is 0 Å². The first-order chi connectivity index (χ1) is 7.45. The van der Waals surface area contributed by atoms with Gasteiger partial charge in [-0.25, -0.2) is 0 Å². The smallest absolute Gasteiger partial charge is 0.0670 e. The van der Waals surface area contributed by atoms with E-state index in [9.17, 15) is 0 Å². The highest BCUT2D eigenvalue weighted by atomic mass is 15.3.